The first-order valence-corrected chi connectivity index (χ1v) is 4.53. The number of Topliss-reactive ketones (excluding diaryl/α,β-unsaturated/α-hetero) is 1. The lowest BCUT2D eigenvalue weighted by molar-refractivity contribution is -0.117. The quantitative estimate of drug-likeness (QED) is 0.534. The molecular weight excluding hydrogens is 172 g/mol. The molecule has 0 amide bonds. The van der Waals surface area contributed by atoms with Gasteiger partial charge in [-0.25, -0.2) is 0 Å². The number of aliphatic hydroxyl groups excluding tert-OH is 1. The third-order valence-corrected chi connectivity index (χ3v) is 1.43. The Morgan fingerprint density at radius 2 is 1.77 bits per heavy atom. The van der Waals surface area contributed by atoms with E-state index in [2.05, 4.69) is 0 Å². The summed E-state index contributed by atoms with van der Waals surface area (Å²) < 4.78 is 10.1. The van der Waals surface area contributed by atoms with Gasteiger partial charge in [0.05, 0.1) is 26.4 Å². The molecule has 0 aromatic carbocycles. The van der Waals surface area contributed by atoms with E-state index in [9.17, 15) is 4.79 Å². The fraction of sp³-hybridized carbons (Fsp3) is 0.889. The maximum Gasteiger partial charge on any atom is 0.129 e. The molecule has 0 aliphatic carbocycles. The van der Waals surface area contributed by atoms with Crippen LogP contribution in [0.1, 0.15) is 19.8 Å². The van der Waals surface area contributed by atoms with Gasteiger partial charge in [0, 0.05) is 13.0 Å². The largest absolute Gasteiger partial charge is 0.394 e. The maximum absolute atomic E-state index is 10.5. The molecule has 0 aliphatic rings. The third-order valence-electron chi connectivity index (χ3n) is 1.43. The Bertz CT molecular complexity index is 125. The summed E-state index contributed by atoms with van der Waals surface area (Å²) in [6, 6.07) is 0. The standard InChI is InChI=1S/C9H18O4/c1-9(11)3-2-5-12-7-8-13-6-4-10/h10H,2-8H2,1H3. The Kier molecular flexibility index (Phi) is 9.30. The normalized spacial score (nSPS) is 10.3. The molecule has 0 spiro atoms. The molecule has 4 nitrogen and oxygen atoms in total. The first-order valence-electron chi connectivity index (χ1n) is 4.53. The minimum Gasteiger partial charge on any atom is -0.394 e. The van der Waals surface area contributed by atoms with Crippen LogP contribution in [0.5, 0.6) is 0 Å². The topological polar surface area (TPSA) is 55.8 Å². The van der Waals surface area contributed by atoms with Crippen LogP contribution in [0.3, 0.4) is 0 Å². The highest BCUT2D eigenvalue weighted by atomic mass is 16.5. The monoisotopic (exact) mass is 190 g/mol. The van der Waals surface area contributed by atoms with Crippen molar-refractivity contribution in [1.29, 1.82) is 0 Å². The molecule has 0 heterocycles. The Labute approximate surface area is 78.8 Å². The number of hydrogen-bond donors (Lipinski definition) is 1. The van der Waals surface area contributed by atoms with E-state index in [0.717, 1.165) is 6.42 Å². The van der Waals surface area contributed by atoms with Gasteiger partial charge in [-0.15, -0.1) is 0 Å². The van der Waals surface area contributed by atoms with Gasteiger partial charge in [0.2, 0.25) is 0 Å². The lowest BCUT2D eigenvalue weighted by Gasteiger charge is -2.03. The Hall–Kier alpha value is -0.450. The lowest BCUT2D eigenvalue weighted by Crippen LogP contribution is -2.08. The van der Waals surface area contributed by atoms with E-state index in [0.29, 0.717) is 32.8 Å². The smallest absolute Gasteiger partial charge is 0.129 e. The third kappa shape index (κ3) is 11.5. The van der Waals surface area contributed by atoms with E-state index in [1.807, 2.05) is 0 Å². The van der Waals surface area contributed by atoms with Crippen molar-refractivity contribution in [2.45, 2.75) is 19.8 Å². The van der Waals surface area contributed by atoms with Crippen molar-refractivity contribution in [3.63, 3.8) is 0 Å². The number of ketones is 1. The minimum absolute atomic E-state index is 0.0460. The van der Waals surface area contributed by atoms with Crippen molar-refractivity contribution in [1.82, 2.24) is 0 Å². The Morgan fingerprint density at radius 3 is 2.31 bits per heavy atom. The number of hydrogen-bond acceptors (Lipinski definition) is 4. The number of carbonyl (C=O) groups excluding carboxylic acids is 1. The molecular formula is C9H18O4. The highest BCUT2D eigenvalue weighted by Gasteiger charge is 1.93. The summed E-state index contributed by atoms with van der Waals surface area (Å²) in [5.74, 6) is 0.195. The number of rotatable bonds is 9. The van der Waals surface area contributed by atoms with Crippen LogP contribution < -0.4 is 0 Å². The van der Waals surface area contributed by atoms with Crippen molar-refractivity contribution in [2.75, 3.05) is 33.0 Å². The van der Waals surface area contributed by atoms with E-state index in [4.69, 9.17) is 14.6 Å². The first-order chi connectivity index (χ1) is 6.27. The van der Waals surface area contributed by atoms with E-state index in [-0.39, 0.29) is 12.4 Å². The predicted octanol–water partition coefficient (Wildman–Crippen LogP) is 0.381. The summed E-state index contributed by atoms with van der Waals surface area (Å²) in [5, 5.41) is 8.36. The molecule has 13 heavy (non-hydrogen) atoms. The zero-order valence-electron chi connectivity index (χ0n) is 8.12. The van der Waals surface area contributed by atoms with Crippen molar-refractivity contribution >= 4 is 5.78 Å². The van der Waals surface area contributed by atoms with E-state index < -0.39 is 0 Å². The van der Waals surface area contributed by atoms with Crippen LogP contribution in [-0.4, -0.2) is 43.9 Å². The van der Waals surface area contributed by atoms with Gasteiger partial charge in [0.1, 0.15) is 5.78 Å². The average Bonchev–Trinajstić information content (AvgIpc) is 2.09. The highest BCUT2D eigenvalue weighted by molar-refractivity contribution is 5.75. The first kappa shape index (κ1) is 12.6. The molecule has 4 heteroatoms. The highest BCUT2D eigenvalue weighted by Crippen LogP contribution is 1.91. The lowest BCUT2D eigenvalue weighted by atomic mass is 10.2. The van der Waals surface area contributed by atoms with Crippen molar-refractivity contribution < 1.29 is 19.4 Å². The van der Waals surface area contributed by atoms with E-state index >= 15 is 0 Å². The molecule has 1 N–H and O–H groups in total. The van der Waals surface area contributed by atoms with Gasteiger partial charge < -0.3 is 19.4 Å². The fourth-order valence-electron chi connectivity index (χ4n) is 0.810. The second-order valence-electron chi connectivity index (χ2n) is 2.75. The molecule has 0 aliphatic heterocycles. The number of aliphatic hydroxyl groups is 1. The summed E-state index contributed by atoms with van der Waals surface area (Å²) in [7, 11) is 0. The van der Waals surface area contributed by atoms with Crippen LogP contribution in [0.4, 0.5) is 0 Å². The summed E-state index contributed by atoms with van der Waals surface area (Å²) in [5.41, 5.74) is 0. The van der Waals surface area contributed by atoms with Crippen molar-refractivity contribution in [3.05, 3.63) is 0 Å². The molecule has 0 saturated heterocycles. The van der Waals surface area contributed by atoms with Gasteiger partial charge in [0.15, 0.2) is 0 Å². The summed E-state index contributed by atoms with van der Waals surface area (Å²) >= 11 is 0. The zero-order valence-corrected chi connectivity index (χ0v) is 8.12. The number of carbonyl (C=O) groups is 1. The van der Waals surface area contributed by atoms with Gasteiger partial charge in [0.25, 0.3) is 0 Å². The van der Waals surface area contributed by atoms with E-state index in [1.165, 1.54) is 0 Å². The second kappa shape index (κ2) is 9.64. The Balaban J connectivity index is 2.87. The predicted molar refractivity (Wildman–Crippen MR) is 48.6 cm³/mol. The Morgan fingerprint density at radius 1 is 1.15 bits per heavy atom. The molecule has 0 radical (unpaired) electrons. The van der Waals surface area contributed by atoms with Crippen LogP contribution >= 0.6 is 0 Å². The van der Waals surface area contributed by atoms with Crippen molar-refractivity contribution in [2.24, 2.45) is 0 Å². The molecule has 0 bridgehead atoms. The summed E-state index contributed by atoms with van der Waals surface area (Å²) in [6.07, 6.45) is 1.35. The molecule has 0 aromatic heterocycles. The molecule has 0 unspecified atom stereocenters. The molecule has 0 aromatic rings. The molecule has 0 atom stereocenters. The van der Waals surface area contributed by atoms with Crippen LogP contribution in [0, 0.1) is 0 Å². The van der Waals surface area contributed by atoms with Crippen LogP contribution in [0.2, 0.25) is 0 Å². The molecule has 0 fully saturated rings. The summed E-state index contributed by atoms with van der Waals surface area (Å²) in [4.78, 5) is 10.5. The zero-order chi connectivity index (χ0) is 9.94. The summed E-state index contributed by atoms with van der Waals surface area (Å²) in [6.45, 7) is 3.60. The van der Waals surface area contributed by atoms with Gasteiger partial charge in [-0.1, -0.05) is 0 Å². The SMILES string of the molecule is CC(=O)CCCOCCOCCO. The molecule has 0 rings (SSSR count). The van der Waals surface area contributed by atoms with Gasteiger partial charge in [-0.05, 0) is 13.3 Å². The van der Waals surface area contributed by atoms with Crippen LogP contribution in [0.15, 0.2) is 0 Å². The molecule has 0 saturated carbocycles. The fourth-order valence-corrected chi connectivity index (χ4v) is 0.810. The maximum atomic E-state index is 10.5. The average molecular weight is 190 g/mol. The second-order valence-corrected chi connectivity index (χ2v) is 2.75. The minimum atomic E-state index is 0.0460. The number of ether oxygens (including phenoxy) is 2. The molecule has 78 valence electrons. The van der Waals surface area contributed by atoms with Gasteiger partial charge in [-0.2, -0.15) is 0 Å². The van der Waals surface area contributed by atoms with Crippen LogP contribution in [0.25, 0.3) is 0 Å². The van der Waals surface area contributed by atoms with Crippen LogP contribution in [-0.2, 0) is 14.3 Å². The van der Waals surface area contributed by atoms with Gasteiger partial charge in [-0.3, -0.25) is 0 Å². The van der Waals surface area contributed by atoms with Gasteiger partial charge >= 0.3 is 0 Å². The van der Waals surface area contributed by atoms with Crippen molar-refractivity contribution in [3.8, 4) is 0 Å². The van der Waals surface area contributed by atoms with E-state index in [1.54, 1.807) is 6.92 Å².